The van der Waals surface area contributed by atoms with E-state index in [1.54, 1.807) is 0 Å². The lowest BCUT2D eigenvalue weighted by Crippen LogP contribution is -2.20. The summed E-state index contributed by atoms with van der Waals surface area (Å²) < 4.78 is 1.88. The topological polar surface area (TPSA) is 41.3 Å². The van der Waals surface area contributed by atoms with Crippen LogP contribution in [0, 0.1) is 0 Å². The Kier molecular flexibility index (Phi) is 4.78. The third kappa shape index (κ3) is 4.44. The van der Waals surface area contributed by atoms with Crippen LogP contribution in [0.1, 0.15) is 18.9 Å². The van der Waals surface area contributed by atoms with Gasteiger partial charge in [-0.25, -0.2) is 0 Å². The van der Waals surface area contributed by atoms with Gasteiger partial charge in [-0.2, -0.15) is 5.10 Å². The molecule has 15 heavy (non-hydrogen) atoms. The van der Waals surface area contributed by atoms with Crippen molar-refractivity contribution in [1.82, 2.24) is 14.7 Å². The predicted molar refractivity (Wildman–Crippen MR) is 60.8 cm³/mol. The van der Waals surface area contributed by atoms with E-state index in [0.29, 0.717) is 6.42 Å². The average molecular weight is 211 g/mol. The summed E-state index contributed by atoms with van der Waals surface area (Å²) in [7, 11) is 4.03. The molecule has 0 spiro atoms. The highest BCUT2D eigenvalue weighted by Crippen LogP contribution is 2.05. The van der Waals surface area contributed by atoms with E-state index in [-0.39, 0.29) is 6.10 Å². The fraction of sp³-hybridized carbons (Fsp3) is 0.727. The summed E-state index contributed by atoms with van der Waals surface area (Å²) in [5.74, 6) is 0. The minimum atomic E-state index is -0.262. The Hall–Kier alpha value is -0.870. The van der Waals surface area contributed by atoms with E-state index < -0.39 is 0 Å². The third-order valence-corrected chi connectivity index (χ3v) is 2.39. The molecule has 1 N–H and O–H groups in total. The predicted octanol–water partition coefficient (Wildman–Crippen LogP) is 0.758. The van der Waals surface area contributed by atoms with Crippen LogP contribution in [0.3, 0.4) is 0 Å². The van der Waals surface area contributed by atoms with Crippen molar-refractivity contribution in [3.8, 4) is 0 Å². The first-order chi connectivity index (χ1) is 7.11. The van der Waals surface area contributed by atoms with Gasteiger partial charge in [0.15, 0.2) is 0 Å². The molecule has 86 valence electrons. The summed E-state index contributed by atoms with van der Waals surface area (Å²) in [6, 6.07) is 0. The minimum absolute atomic E-state index is 0.262. The highest BCUT2D eigenvalue weighted by Gasteiger charge is 2.07. The van der Waals surface area contributed by atoms with Gasteiger partial charge in [-0.15, -0.1) is 0 Å². The van der Waals surface area contributed by atoms with Gasteiger partial charge in [0.1, 0.15) is 0 Å². The highest BCUT2D eigenvalue weighted by molar-refractivity contribution is 5.05. The number of aryl methyl sites for hydroxylation is 1. The molecule has 0 radical (unpaired) electrons. The van der Waals surface area contributed by atoms with Crippen LogP contribution in [0.5, 0.6) is 0 Å². The Labute approximate surface area is 91.5 Å². The molecule has 0 aliphatic heterocycles. The SMILES string of the molecule is CCn1cc(CC(O)CCN(C)C)cn1. The monoisotopic (exact) mass is 211 g/mol. The van der Waals surface area contributed by atoms with E-state index in [1.165, 1.54) is 0 Å². The summed E-state index contributed by atoms with van der Waals surface area (Å²) in [5, 5.41) is 13.9. The van der Waals surface area contributed by atoms with Crippen LogP contribution in [0.4, 0.5) is 0 Å². The zero-order valence-electron chi connectivity index (χ0n) is 9.85. The maximum Gasteiger partial charge on any atom is 0.0593 e. The minimum Gasteiger partial charge on any atom is -0.393 e. The molecule has 0 fully saturated rings. The fourth-order valence-corrected chi connectivity index (χ4v) is 1.47. The molecule has 1 aromatic rings. The van der Waals surface area contributed by atoms with Crippen molar-refractivity contribution in [2.45, 2.75) is 32.4 Å². The van der Waals surface area contributed by atoms with Crippen LogP contribution in [0.2, 0.25) is 0 Å². The maximum absolute atomic E-state index is 9.77. The Morgan fingerprint density at radius 2 is 2.27 bits per heavy atom. The van der Waals surface area contributed by atoms with Gasteiger partial charge in [0.25, 0.3) is 0 Å². The summed E-state index contributed by atoms with van der Waals surface area (Å²) in [4.78, 5) is 2.08. The maximum atomic E-state index is 9.77. The van der Waals surface area contributed by atoms with Gasteiger partial charge in [0.05, 0.1) is 12.3 Å². The van der Waals surface area contributed by atoms with Crippen LogP contribution in [0.25, 0.3) is 0 Å². The van der Waals surface area contributed by atoms with Gasteiger partial charge in [-0.05, 0) is 39.5 Å². The molecule has 1 aromatic heterocycles. The van der Waals surface area contributed by atoms with Crippen molar-refractivity contribution >= 4 is 0 Å². The van der Waals surface area contributed by atoms with Crippen molar-refractivity contribution in [3.63, 3.8) is 0 Å². The second-order valence-electron chi connectivity index (χ2n) is 4.15. The summed E-state index contributed by atoms with van der Waals surface area (Å²) in [6.07, 6.45) is 5.08. The molecule has 1 heterocycles. The van der Waals surface area contributed by atoms with E-state index >= 15 is 0 Å². The molecular formula is C11H21N3O. The molecule has 0 saturated heterocycles. The normalized spacial score (nSPS) is 13.4. The first kappa shape index (κ1) is 12.2. The van der Waals surface area contributed by atoms with Crippen LogP contribution in [-0.4, -0.2) is 46.5 Å². The van der Waals surface area contributed by atoms with Crippen molar-refractivity contribution in [3.05, 3.63) is 18.0 Å². The quantitative estimate of drug-likeness (QED) is 0.755. The van der Waals surface area contributed by atoms with Crippen molar-refractivity contribution < 1.29 is 5.11 Å². The zero-order chi connectivity index (χ0) is 11.3. The van der Waals surface area contributed by atoms with E-state index in [2.05, 4.69) is 16.9 Å². The smallest absolute Gasteiger partial charge is 0.0593 e. The molecule has 0 aliphatic rings. The van der Waals surface area contributed by atoms with Crippen molar-refractivity contribution in [2.24, 2.45) is 0 Å². The average Bonchev–Trinajstić information content (AvgIpc) is 2.62. The molecule has 0 aromatic carbocycles. The molecule has 0 amide bonds. The van der Waals surface area contributed by atoms with Gasteiger partial charge in [0.2, 0.25) is 0 Å². The molecule has 1 atom stereocenters. The second kappa shape index (κ2) is 5.88. The number of aromatic nitrogens is 2. The van der Waals surface area contributed by atoms with Crippen LogP contribution >= 0.6 is 0 Å². The van der Waals surface area contributed by atoms with E-state index in [4.69, 9.17) is 0 Å². The Morgan fingerprint density at radius 1 is 1.53 bits per heavy atom. The van der Waals surface area contributed by atoms with Gasteiger partial charge in [-0.3, -0.25) is 4.68 Å². The van der Waals surface area contributed by atoms with Crippen LogP contribution in [-0.2, 0) is 13.0 Å². The number of hydrogen-bond acceptors (Lipinski definition) is 3. The lowest BCUT2D eigenvalue weighted by atomic mass is 10.1. The first-order valence-corrected chi connectivity index (χ1v) is 5.46. The number of rotatable bonds is 6. The summed E-state index contributed by atoms with van der Waals surface area (Å²) in [6.45, 7) is 3.86. The molecule has 4 nitrogen and oxygen atoms in total. The lowest BCUT2D eigenvalue weighted by molar-refractivity contribution is 0.152. The Bertz CT molecular complexity index is 283. The summed E-state index contributed by atoms with van der Waals surface area (Å²) >= 11 is 0. The van der Waals surface area contributed by atoms with Crippen molar-refractivity contribution in [1.29, 1.82) is 0 Å². The molecule has 1 unspecified atom stereocenters. The largest absolute Gasteiger partial charge is 0.393 e. The van der Waals surface area contributed by atoms with Crippen molar-refractivity contribution in [2.75, 3.05) is 20.6 Å². The number of nitrogens with zero attached hydrogens (tertiary/aromatic N) is 3. The first-order valence-electron chi connectivity index (χ1n) is 5.46. The van der Waals surface area contributed by atoms with Gasteiger partial charge < -0.3 is 10.0 Å². The highest BCUT2D eigenvalue weighted by atomic mass is 16.3. The Balaban J connectivity index is 2.33. The third-order valence-electron chi connectivity index (χ3n) is 2.39. The number of aliphatic hydroxyl groups is 1. The van der Waals surface area contributed by atoms with Gasteiger partial charge in [-0.1, -0.05) is 0 Å². The Morgan fingerprint density at radius 3 is 2.80 bits per heavy atom. The van der Waals surface area contributed by atoms with E-state index in [9.17, 15) is 5.11 Å². The lowest BCUT2D eigenvalue weighted by Gasteiger charge is -2.13. The van der Waals surface area contributed by atoms with Gasteiger partial charge >= 0.3 is 0 Å². The summed E-state index contributed by atoms with van der Waals surface area (Å²) in [5.41, 5.74) is 1.11. The molecular weight excluding hydrogens is 190 g/mol. The number of hydrogen-bond donors (Lipinski definition) is 1. The van der Waals surface area contributed by atoms with Crippen LogP contribution < -0.4 is 0 Å². The van der Waals surface area contributed by atoms with E-state index in [1.807, 2.05) is 31.2 Å². The van der Waals surface area contributed by atoms with Crippen LogP contribution in [0.15, 0.2) is 12.4 Å². The standard InChI is InChI=1S/C11H21N3O/c1-4-14-9-10(8-12-14)7-11(15)5-6-13(2)3/h8-9,11,15H,4-7H2,1-3H3. The van der Waals surface area contributed by atoms with Gasteiger partial charge in [0, 0.05) is 19.2 Å². The zero-order valence-corrected chi connectivity index (χ0v) is 9.85. The molecule has 4 heteroatoms. The van der Waals surface area contributed by atoms with E-state index in [0.717, 1.165) is 25.1 Å². The molecule has 0 aliphatic carbocycles. The fourth-order valence-electron chi connectivity index (χ4n) is 1.47. The molecule has 0 saturated carbocycles. The molecule has 1 rings (SSSR count). The second-order valence-corrected chi connectivity index (χ2v) is 4.15. The number of aliphatic hydroxyl groups excluding tert-OH is 1. The molecule has 0 bridgehead atoms.